The average molecular weight is 649 g/mol. The first kappa shape index (κ1) is 29.7. The van der Waals surface area contributed by atoms with Crippen molar-refractivity contribution in [2.24, 2.45) is 0 Å². The van der Waals surface area contributed by atoms with Crippen LogP contribution in [0.2, 0.25) is 10.0 Å². The second-order valence-corrected chi connectivity index (χ2v) is 11.1. The molecule has 0 saturated carbocycles. The van der Waals surface area contributed by atoms with Gasteiger partial charge in [0.2, 0.25) is 5.91 Å². The third-order valence-corrected chi connectivity index (χ3v) is 8.26. The average Bonchev–Trinajstić information content (AvgIpc) is 3.55. The Labute approximate surface area is 257 Å². The van der Waals surface area contributed by atoms with Crippen LogP contribution in [0.15, 0.2) is 67.0 Å². The predicted molar refractivity (Wildman–Crippen MR) is 153 cm³/mol. The predicted octanol–water partition coefficient (Wildman–Crippen LogP) is 5.85. The number of hydrogen-bond acceptors (Lipinski definition) is 6. The summed E-state index contributed by atoms with van der Waals surface area (Å²) < 4.78 is 57.4. The van der Waals surface area contributed by atoms with Crippen LogP contribution in [0.25, 0.3) is 16.9 Å². The van der Waals surface area contributed by atoms with Crippen molar-refractivity contribution in [3.05, 3.63) is 88.5 Å². The number of alkyl halides is 3. The number of ether oxygens (including phenoxy) is 1. The molecule has 0 bridgehead atoms. The number of rotatable bonds is 5. The van der Waals surface area contributed by atoms with Crippen LogP contribution in [0, 0.1) is 5.82 Å². The molecule has 1 spiro atoms. The lowest BCUT2D eigenvalue weighted by Gasteiger charge is -2.43. The molecule has 2 aromatic carbocycles. The van der Waals surface area contributed by atoms with Gasteiger partial charge in [0.1, 0.15) is 17.1 Å². The van der Waals surface area contributed by atoms with Crippen LogP contribution in [0.3, 0.4) is 0 Å². The zero-order chi connectivity index (χ0) is 31.2. The monoisotopic (exact) mass is 648 g/mol. The van der Waals surface area contributed by atoms with Gasteiger partial charge in [-0.1, -0.05) is 23.2 Å². The first-order valence-corrected chi connectivity index (χ1v) is 14.1. The minimum atomic E-state index is -4.94. The second kappa shape index (κ2) is 11.3. The summed E-state index contributed by atoms with van der Waals surface area (Å²) in [6.07, 6.45) is -1.34. The Morgan fingerprint density at radius 2 is 1.61 bits per heavy atom. The van der Waals surface area contributed by atoms with Gasteiger partial charge in [0.15, 0.2) is 5.69 Å². The number of nitrogens with one attached hydrogen (secondary N) is 1. The van der Waals surface area contributed by atoms with E-state index >= 15 is 0 Å². The fourth-order valence-electron chi connectivity index (χ4n) is 5.61. The number of amides is 2. The molecule has 2 aliphatic heterocycles. The number of anilines is 1. The largest absolute Gasteiger partial charge is 0.573 e. The van der Waals surface area contributed by atoms with E-state index in [4.69, 9.17) is 23.2 Å². The minimum absolute atomic E-state index is 0.0169. The Morgan fingerprint density at radius 1 is 0.977 bits per heavy atom. The van der Waals surface area contributed by atoms with Gasteiger partial charge in [0.05, 0.1) is 33.8 Å². The van der Waals surface area contributed by atoms with Crippen LogP contribution < -0.4 is 15.0 Å². The molecule has 4 aromatic rings. The molecule has 0 radical (unpaired) electrons. The Morgan fingerprint density at radius 3 is 2.23 bits per heavy atom. The zero-order valence-electron chi connectivity index (χ0n) is 22.6. The summed E-state index contributed by atoms with van der Waals surface area (Å²) in [7, 11) is 0. The van der Waals surface area contributed by atoms with Gasteiger partial charge in [0.25, 0.3) is 5.91 Å². The lowest BCUT2D eigenvalue weighted by atomic mass is 9.85. The standard InChI is InChI=1S/C29H22Cl2F4N6O3/c30-21-13-20(44-29(33,34)35)14-22(31)25(21)40-16-37-27(43)28(40)7-11-39(12-8-28)26(42)23-15-24(17-5-9-36-10-6-17)41(38-23)19-3-1-18(32)2-4-19/h1-6,9-10,13-15H,7-8,11-12,16H2,(H,37,43). The van der Waals surface area contributed by atoms with Crippen LogP contribution in [-0.2, 0) is 4.79 Å². The van der Waals surface area contributed by atoms with Gasteiger partial charge in [0, 0.05) is 43.2 Å². The third kappa shape index (κ3) is 5.52. The van der Waals surface area contributed by atoms with E-state index in [0.29, 0.717) is 11.4 Å². The number of pyridine rings is 1. The fraction of sp³-hybridized carbons (Fsp3) is 0.241. The maximum absolute atomic E-state index is 13.7. The molecule has 6 rings (SSSR count). The summed E-state index contributed by atoms with van der Waals surface area (Å²) in [6.45, 7) is 0.353. The molecule has 0 atom stereocenters. The summed E-state index contributed by atoms with van der Waals surface area (Å²) in [4.78, 5) is 34.1. The highest BCUT2D eigenvalue weighted by atomic mass is 35.5. The van der Waals surface area contributed by atoms with Crippen LogP contribution in [0.1, 0.15) is 23.3 Å². The van der Waals surface area contributed by atoms with E-state index in [1.165, 1.54) is 12.1 Å². The van der Waals surface area contributed by atoms with E-state index in [-0.39, 0.29) is 65.8 Å². The first-order valence-electron chi connectivity index (χ1n) is 13.3. The topological polar surface area (TPSA) is 92.6 Å². The first-order chi connectivity index (χ1) is 20.9. The summed E-state index contributed by atoms with van der Waals surface area (Å²) in [5.41, 5.74) is 1.07. The van der Waals surface area contributed by atoms with Crippen LogP contribution >= 0.6 is 23.2 Å². The summed E-state index contributed by atoms with van der Waals surface area (Å²) in [6, 6.07) is 12.9. The van der Waals surface area contributed by atoms with Crippen LogP contribution in [-0.4, -0.2) is 63.1 Å². The van der Waals surface area contributed by atoms with Crippen molar-refractivity contribution in [1.82, 2.24) is 25.0 Å². The molecule has 2 saturated heterocycles. The van der Waals surface area contributed by atoms with Gasteiger partial charge in [-0.15, -0.1) is 13.2 Å². The molecule has 2 fully saturated rings. The quantitative estimate of drug-likeness (QED) is 0.273. The molecule has 4 heterocycles. The normalized spacial score (nSPS) is 16.4. The number of aromatic nitrogens is 3. The van der Waals surface area contributed by atoms with Crippen LogP contribution in [0.5, 0.6) is 5.75 Å². The smallest absolute Gasteiger partial charge is 0.406 e. The number of halogens is 6. The number of carbonyl (C=O) groups excluding carboxylic acids is 2. The Hall–Kier alpha value is -4.36. The van der Waals surface area contributed by atoms with Crippen molar-refractivity contribution in [3.63, 3.8) is 0 Å². The number of likely N-dealkylation sites (tertiary alicyclic amines) is 1. The van der Waals surface area contributed by atoms with E-state index in [2.05, 4.69) is 20.1 Å². The number of piperidine rings is 1. The molecule has 2 amide bonds. The van der Waals surface area contributed by atoms with E-state index < -0.39 is 23.5 Å². The molecule has 2 aromatic heterocycles. The molecule has 228 valence electrons. The molecule has 9 nitrogen and oxygen atoms in total. The van der Waals surface area contributed by atoms with Gasteiger partial charge in [-0.05, 0) is 55.3 Å². The molecule has 15 heteroatoms. The number of nitrogens with zero attached hydrogens (tertiary/aromatic N) is 5. The van der Waals surface area contributed by atoms with Gasteiger partial charge in [-0.2, -0.15) is 5.10 Å². The summed E-state index contributed by atoms with van der Waals surface area (Å²) in [5, 5.41) is 7.07. The van der Waals surface area contributed by atoms with Gasteiger partial charge in [-0.3, -0.25) is 14.6 Å². The zero-order valence-corrected chi connectivity index (χ0v) is 24.1. The van der Waals surface area contributed by atoms with Crippen molar-refractivity contribution in [2.45, 2.75) is 24.7 Å². The molecular weight excluding hydrogens is 627 g/mol. The minimum Gasteiger partial charge on any atom is -0.406 e. The van der Waals surface area contributed by atoms with E-state index in [0.717, 1.165) is 17.7 Å². The highest BCUT2D eigenvalue weighted by molar-refractivity contribution is 6.39. The highest BCUT2D eigenvalue weighted by Crippen LogP contribution is 2.45. The Kier molecular flexibility index (Phi) is 7.62. The van der Waals surface area contributed by atoms with Crippen molar-refractivity contribution in [2.75, 3.05) is 24.7 Å². The maximum Gasteiger partial charge on any atom is 0.573 e. The number of carbonyl (C=O) groups is 2. The molecule has 0 aliphatic carbocycles. The number of hydrogen-bond donors (Lipinski definition) is 1. The summed E-state index contributed by atoms with van der Waals surface area (Å²) >= 11 is 12.7. The van der Waals surface area contributed by atoms with Crippen molar-refractivity contribution in [3.8, 4) is 22.7 Å². The van der Waals surface area contributed by atoms with E-state index in [9.17, 15) is 27.2 Å². The maximum atomic E-state index is 13.7. The van der Waals surface area contributed by atoms with Crippen molar-refractivity contribution < 1.29 is 31.9 Å². The highest BCUT2D eigenvalue weighted by Gasteiger charge is 2.52. The Balaban J connectivity index is 1.26. The lowest BCUT2D eigenvalue weighted by molar-refractivity contribution is -0.274. The summed E-state index contributed by atoms with van der Waals surface area (Å²) in [5.74, 6) is -1.68. The molecular formula is C29H22Cl2F4N6O3. The Bertz CT molecular complexity index is 1700. The molecule has 2 aliphatic rings. The molecule has 44 heavy (non-hydrogen) atoms. The second-order valence-electron chi connectivity index (χ2n) is 10.2. The lowest BCUT2D eigenvalue weighted by Crippen LogP contribution is -2.57. The van der Waals surface area contributed by atoms with Gasteiger partial charge < -0.3 is 19.9 Å². The molecule has 1 N–H and O–H groups in total. The van der Waals surface area contributed by atoms with Crippen molar-refractivity contribution in [1.29, 1.82) is 0 Å². The van der Waals surface area contributed by atoms with Crippen molar-refractivity contribution >= 4 is 40.7 Å². The number of benzene rings is 2. The fourth-order valence-corrected chi connectivity index (χ4v) is 6.28. The van der Waals surface area contributed by atoms with Crippen LogP contribution in [0.4, 0.5) is 23.2 Å². The molecule has 0 unspecified atom stereocenters. The van der Waals surface area contributed by atoms with Gasteiger partial charge >= 0.3 is 6.36 Å². The van der Waals surface area contributed by atoms with E-state index in [1.54, 1.807) is 57.2 Å². The van der Waals surface area contributed by atoms with Gasteiger partial charge in [-0.25, -0.2) is 9.07 Å². The third-order valence-electron chi connectivity index (χ3n) is 7.68. The van der Waals surface area contributed by atoms with E-state index in [1.807, 2.05) is 0 Å². The SMILES string of the molecule is O=C(c1cc(-c2ccncc2)n(-c2ccc(F)cc2)n1)N1CCC2(CC1)C(=O)NCN2c1c(Cl)cc(OC(F)(F)F)cc1Cl.